The van der Waals surface area contributed by atoms with Crippen LogP contribution in [0.5, 0.6) is 0 Å². The normalized spacial score (nSPS) is 16.1. The van der Waals surface area contributed by atoms with Gasteiger partial charge in [0.05, 0.1) is 12.2 Å². The van der Waals surface area contributed by atoms with E-state index in [1.165, 1.54) is 16.7 Å². The van der Waals surface area contributed by atoms with E-state index in [0.717, 1.165) is 24.2 Å². The highest BCUT2D eigenvalue weighted by Gasteiger charge is 2.27. The fourth-order valence-corrected chi connectivity index (χ4v) is 3.32. The van der Waals surface area contributed by atoms with Crippen molar-refractivity contribution < 1.29 is 4.79 Å². The van der Waals surface area contributed by atoms with Gasteiger partial charge in [-0.25, -0.2) is 4.68 Å². The zero-order valence-corrected chi connectivity index (χ0v) is 15.7. The van der Waals surface area contributed by atoms with Gasteiger partial charge in [0.1, 0.15) is 11.9 Å². The molecular weight excluding hydrogens is 336 g/mol. The Morgan fingerprint density at radius 1 is 1.11 bits per heavy atom. The topological polar surface area (TPSA) is 58.9 Å². The fraction of sp³-hybridized carbons (Fsp3) is 0.273. The van der Waals surface area contributed by atoms with Crippen molar-refractivity contribution in [1.29, 1.82) is 0 Å². The molecule has 0 saturated heterocycles. The number of carbonyl (C=O) groups is 1. The molecule has 138 valence electrons. The van der Waals surface area contributed by atoms with Crippen LogP contribution >= 0.6 is 0 Å². The quantitative estimate of drug-likeness (QED) is 0.733. The summed E-state index contributed by atoms with van der Waals surface area (Å²) in [5.74, 6) is -0.0776. The minimum atomic E-state index is -0.0776. The van der Waals surface area contributed by atoms with E-state index in [1.807, 2.05) is 22.9 Å². The molecule has 0 saturated carbocycles. The Morgan fingerprint density at radius 2 is 1.81 bits per heavy atom. The van der Waals surface area contributed by atoms with Crippen molar-refractivity contribution in [3.8, 4) is 11.3 Å². The minimum Gasteiger partial charge on any atom is -0.347 e. The molecule has 0 aliphatic carbocycles. The first kappa shape index (κ1) is 17.5. The molecule has 3 aromatic rings. The van der Waals surface area contributed by atoms with Gasteiger partial charge in [-0.05, 0) is 30.5 Å². The molecule has 0 bridgehead atoms. The van der Waals surface area contributed by atoms with Gasteiger partial charge in [-0.3, -0.25) is 10.1 Å². The molecule has 1 aromatic heterocycles. The second-order valence-electron chi connectivity index (χ2n) is 7.00. The summed E-state index contributed by atoms with van der Waals surface area (Å²) in [5.41, 5.74) is 6.19. The van der Waals surface area contributed by atoms with Gasteiger partial charge < -0.3 is 5.32 Å². The van der Waals surface area contributed by atoms with Crippen LogP contribution in [0, 0.1) is 6.92 Å². The lowest BCUT2D eigenvalue weighted by molar-refractivity contribution is 0.0900. The van der Waals surface area contributed by atoms with Crippen LogP contribution in [-0.4, -0.2) is 22.2 Å². The number of aryl methyl sites for hydroxylation is 2. The number of rotatable bonds is 5. The molecule has 27 heavy (non-hydrogen) atoms. The van der Waals surface area contributed by atoms with Gasteiger partial charge in [0.25, 0.3) is 5.91 Å². The number of hydrogen-bond acceptors (Lipinski definition) is 3. The van der Waals surface area contributed by atoms with E-state index in [4.69, 9.17) is 5.10 Å². The highest BCUT2D eigenvalue weighted by Crippen LogP contribution is 2.23. The molecule has 0 unspecified atom stereocenters. The van der Waals surface area contributed by atoms with Crippen molar-refractivity contribution in [2.24, 2.45) is 0 Å². The molecule has 1 atom stereocenters. The number of hydrogen-bond donors (Lipinski definition) is 2. The number of benzene rings is 2. The van der Waals surface area contributed by atoms with Crippen molar-refractivity contribution in [2.45, 2.75) is 33.0 Å². The first-order chi connectivity index (χ1) is 13.1. The Labute approximate surface area is 159 Å². The molecule has 2 heterocycles. The highest BCUT2D eigenvalue weighted by atomic mass is 16.2. The van der Waals surface area contributed by atoms with Gasteiger partial charge in [-0.1, -0.05) is 61.0 Å². The van der Waals surface area contributed by atoms with Gasteiger partial charge in [0.15, 0.2) is 0 Å². The first-order valence-electron chi connectivity index (χ1n) is 9.40. The second kappa shape index (κ2) is 7.37. The molecule has 0 spiro atoms. The monoisotopic (exact) mass is 360 g/mol. The third-order valence-electron chi connectivity index (χ3n) is 5.04. The van der Waals surface area contributed by atoms with Gasteiger partial charge in [-0.2, -0.15) is 5.10 Å². The number of nitrogens with zero attached hydrogens (tertiary/aromatic N) is 2. The molecule has 2 N–H and O–H groups in total. The zero-order valence-electron chi connectivity index (χ0n) is 15.7. The van der Waals surface area contributed by atoms with E-state index >= 15 is 0 Å². The molecule has 4 rings (SSSR count). The zero-order chi connectivity index (χ0) is 18.8. The van der Waals surface area contributed by atoms with E-state index < -0.39 is 0 Å². The summed E-state index contributed by atoms with van der Waals surface area (Å²) in [6, 6.07) is 18.7. The molecule has 5 nitrogen and oxygen atoms in total. The van der Waals surface area contributed by atoms with Gasteiger partial charge >= 0.3 is 0 Å². The number of fused-ring (bicyclic) bond motifs is 1. The average molecular weight is 360 g/mol. The Morgan fingerprint density at radius 3 is 2.52 bits per heavy atom. The van der Waals surface area contributed by atoms with Crippen LogP contribution in [0.15, 0.2) is 54.6 Å². The van der Waals surface area contributed by atoms with Gasteiger partial charge in [0, 0.05) is 12.1 Å². The highest BCUT2D eigenvalue weighted by molar-refractivity contribution is 5.94. The summed E-state index contributed by atoms with van der Waals surface area (Å²) in [5, 5.41) is 11.2. The lowest BCUT2D eigenvalue weighted by Crippen LogP contribution is -2.45. The Balaban J connectivity index is 1.55. The molecule has 0 fully saturated rings. The minimum absolute atomic E-state index is 0.0669. The van der Waals surface area contributed by atoms with Crippen LogP contribution in [0.1, 0.15) is 40.3 Å². The largest absolute Gasteiger partial charge is 0.347 e. The second-order valence-corrected chi connectivity index (χ2v) is 7.00. The van der Waals surface area contributed by atoms with Crippen LogP contribution in [0.2, 0.25) is 0 Å². The Hall–Kier alpha value is -2.92. The van der Waals surface area contributed by atoms with Crippen molar-refractivity contribution in [3.63, 3.8) is 0 Å². The lowest BCUT2D eigenvalue weighted by Gasteiger charge is -2.25. The standard InChI is InChI=1S/C22H24N4O/c1-3-16-6-8-17(9-7-16)13-23-21-14-24-22(27)20-12-19(25-26(20)21)18-10-4-15(2)5-11-18/h4-12,21,23H,3,13-14H2,1-2H3,(H,24,27)/t21-/m1/s1. The average Bonchev–Trinajstić information content (AvgIpc) is 3.15. The summed E-state index contributed by atoms with van der Waals surface area (Å²) in [4.78, 5) is 12.3. The molecule has 1 aliphatic rings. The van der Waals surface area contributed by atoms with E-state index in [1.54, 1.807) is 0 Å². The number of carbonyl (C=O) groups excluding carboxylic acids is 1. The lowest BCUT2D eigenvalue weighted by atomic mass is 10.1. The van der Waals surface area contributed by atoms with Crippen LogP contribution < -0.4 is 10.6 Å². The maximum atomic E-state index is 12.3. The molecular formula is C22H24N4O. The third kappa shape index (κ3) is 3.64. The summed E-state index contributed by atoms with van der Waals surface area (Å²) in [6.07, 6.45) is 0.976. The smallest absolute Gasteiger partial charge is 0.269 e. The first-order valence-corrected chi connectivity index (χ1v) is 9.40. The van der Waals surface area contributed by atoms with Crippen LogP contribution in [0.25, 0.3) is 11.3 Å². The summed E-state index contributed by atoms with van der Waals surface area (Å²) >= 11 is 0. The van der Waals surface area contributed by atoms with Crippen molar-refractivity contribution in [2.75, 3.05) is 6.54 Å². The molecule has 5 heteroatoms. The summed E-state index contributed by atoms with van der Waals surface area (Å²) < 4.78 is 1.81. The van der Waals surface area contributed by atoms with Crippen molar-refractivity contribution >= 4 is 5.91 Å². The molecule has 1 aliphatic heterocycles. The van der Waals surface area contributed by atoms with Crippen LogP contribution in [0.3, 0.4) is 0 Å². The van der Waals surface area contributed by atoms with E-state index in [2.05, 4.69) is 60.9 Å². The molecule has 2 aromatic carbocycles. The number of aromatic nitrogens is 2. The summed E-state index contributed by atoms with van der Waals surface area (Å²) in [6.45, 7) is 5.46. The third-order valence-corrected chi connectivity index (χ3v) is 5.04. The SMILES string of the molecule is CCc1ccc(CN[C@H]2CNC(=O)c3cc(-c4ccc(C)cc4)nn32)cc1. The number of nitrogens with one attached hydrogen (secondary N) is 2. The summed E-state index contributed by atoms with van der Waals surface area (Å²) in [7, 11) is 0. The van der Waals surface area contributed by atoms with Crippen LogP contribution in [-0.2, 0) is 13.0 Å². The number of amides is 1. The van der Waals surface area contributed by atoms with Crippen molar-refractivity contribution in [1.82, 2.24) is 20.4 Å². The van der Waals surface area contributed by atoms with E-state index in [0.29, 0.717) is 12.2 Å². The maximum Gasteiger partial charge on any atom is 0.269 e. The van der Waals surface area contributed by atoms with Crippen molar-refractivity contribution in [3.05, 3.63) is 77.0 Å². The fourth-order valence-electron chi connectivity index (χ4n) is 3.32. The van der Waals surface area contributed by atoms with Gasteiger partial charge in [-0.15, -0.1) is 0 Å². The maximum absolute atomic E-state index is 12.3. The molecule has 1 amide bonds. The van der Waals surface area contributed by atoms with E-state index in [-0.39, 0.29) is 12.1 Å². The predicted octanol–water partition coefficient (Wildman–Crippen LogP) is 3.45. The Kier molecular flexibility index (Phi) is 4.77. The Bertz CT molecular complexity index is 941. The van der Waals surface area contributed by atoms with Crippen LogP contribution in [0.4, 0.5) is 0 Å². The van der Waals surface area contributed by atoms with Gasteiger partial charge in [0.2, 0.25) is 0 Å². The predicted molar refractivity (Wildman–Crippen MR) is 106 cm³/mol. The van der Waals surface area contributed by atoms with E-state index in [9.17, 15) is 4.79 Å². The molecule has 0 radical (unpaired) electrons.